The molecule has 2 aliphatic heterocycles. The average molecular weight is 699 g/mol. The summed E-state index contributed by atoms with van der Waals surface area (Å²) in [5.41, 5.74) is 4.14. The molecule has 50 heavy (non-hydrogen) atoms. The van der Waals surface area contributed by atoms with Crippen molar-refractivity contribution in [2.45, 2.75) is 77.5 Å². The molecule has 0 spiro atoms. The predicted octanol–water partition coefficient (Wildman–Crippen LogP) is 6.41. The molecule has 0 radical (unpaired) electrons. The van der Waals surface area contributed by atoms with Crippen LogP contribution in [0, 0.1) is 19.3 Å². The minimum absolute atomic E-state index is 0.0713. The van der Waals surface area contributed by atoms with Gasteiger partial charge >= 0.3 is 0 Å². The van der Waals surface area contributed by atoms with E-state index in [2.05, 4.69) is 40.4 Å². The summed E-state index contributed by atoms with van der Waals surface area (Å²) >= 11 is 0. The van der Waals surface area contributed by atoms with E-state index in [4.69, 9.17) is 14.5 Å². The van der Waals surface area contributed by atoms with E-state index in [1.807, 2.05) is 50.2 Å². The van der Waals surface area contributed by atoms with Crippen molar-refractivity contribution < 1.29 is 22.7 Å². The van der Waals surface area contributed by atoms with Crippen LogP contribution in [0.15, 0.2) is 71.6 Å². The van der Waals surface area contributed by atoms with Crippen molar-refractivity contribution in [3.63, 3.8) is 0 Å². The largest absolute Gasteiger partial charge is 0.475 e. The molecule has 1 N–H and O–H groups in total. The molecule has 2 aliphatic rings. The molecule has 264 valence electrons. The van der Waals surface area contributed by atoms with Crippen molar-refractivity contribution in [1.29, 1.82) is 0 Å². The average Bonchev–Trinajstić information content (AvgIpc) is 3.08. The Bertz CT molecular complexity index is 1950. The molecule has 12 heteroatoms. The van der Waals surface area contributed by atoms with Crippen LogP contribution in [0.3, 0.4) is 0 Å². The first-order valence-corrected chi connectivity index (χ1v) is 18.5. The van der Waals surface area contributed by atoms with Crippen LogP contribution in [0.25, 0.3) is 11.3 Å². The van der Waals surface area contributed by atoms with E-state index in [0.717, 1.165) is 54.1 Å². The highest BCUT2D eigenvalue weighted by Gasteiger charge is 2.32. The summed E-state index contributed by atoms with van der Waals surface area (Å²) < 4.78 is 42.0. The summed E-state index contributed by atoms with van der Waals surface area (Å²) in [5, 5.41) is 0. The maximum atomic E-state index is 14.6. The molecule has 6 rings (SSSR count). The fourth-order valence-electron chi connectivity index (χ4n) is 6.77. The van der Waals surface area contributed by atoms with Gasteiger partial charge in [-0.3, -0.25) is 4.79 Å². The number of aryl methyl sites for hydroxylation is 2. The number of benzene rings is 2. The van der Waals surface area contributed by atoms with E-state index in [-0.39, 0.29) is 52.9 Å². The van der Waals surface area contributed by atoms with Crippen LogP contribution in [0.2, 0.25) is 0 Å². The van der Waals surface area contributed by atoms with Crippen molar-refractivity contribution in [2.24, 2.45) is 5.41 Å². The van der Waals surface area contributed by atoms with Crippen LogP contribution >= 0.6 is 0 Å². The molecule has 4 heterocycles. The first-order chi connectivity index (χ1) is 23.8. The summed E-state index contributed by atoms with van der Waals surface area (Å²) in [4.78, 5) is 32.6. The molecular formula is C38H46N6O5S. The van der Waals surface area contributed by atoms with Crippen LogP contribution < -0.4 is 14.4 Å². The Morgan fingerprint density at radius 2 is 1.64 bits per heavy atom. The Balaban J connectivity index is 1.43. The maximum absolute atomic E-state index is 14.6. The number of amides is 1. The van der Waals surface area contributed by atoms with Gasteiger partial charge in [0.25, 0.3) is 15.9 Å². The van der Waals surface area contributed by atoms with Gasteiger partial charge in [-0.15, -0.1) is 0 Å². The summed E-state index contributed by atoms with van der Waals surface area (Å²) in [6.45, 7) is 12.3. The number of ether oxygens (including phenoxy) is 2. The van der Waals surface area contributed by atoms with Gasteiger partial charge in [-0.25, -0.2) is 23.1 Å². The summed E-state index contributed by atoms with van der Waals surface area (Å²) in [7, 11) is -2.42. The lowest BCUT2D eigenvalue weighted by atomic mass is 9.87. The minimum Gasteiger partial charge on any atom is -0.475 e. The minimum atomic E-state index is -4.17. The van der Waals surface area contributed by atoms with Crippen molar-refractivity contribution in [2.75, 3.05) is 36.4 Å². The van der Waals surface area contributed by atoms with Gasteiger partial charge in [-0.2, -0.15) is 4.98 Å². The van der Waals surface area contributed by atoms with Crippen LogP contribution in [-0.4, -0.2) is 73.1 Å². The Kier molecular flexibility index (Phi) is 10.1. The van der Waals surface area contributed by atoms with E-state index in [1.165, 1.54) is 12.1 Å². The second-order valence-electron chi connectivity index (χ2n) is 14.4. The van der Waals surface area contributed by atoms with Gasteiger partial charge < -0.3 is 19.3 Å². The third-order valence-corrected chi connectivity index (χ3v) is 10.6. The van der Waals surface area contributed by atoms with Crippen LogP contribution in [0.4, 0.5) is 11.8 Å². The number of carbonyl (C=O) groups excluding carboxylic acids is 1. The highest BCUT2D eigenvalue weighted by molar-refractivity contribution is 7.92. The number of pyridine rings is 1. The summed E-state index contributed by atoms with van der Waals surface area (Å²) in [6.07, 6.45) is 2.68. The van der Waals surface area contributed by atoms with E-state index in [1.54, 1.807) is 30.2 Å². The van der Waals surface area contributed by atoms with Crippen LogP contribution in [-0.2, 0) is 21.3 Å². The standard InChI is InChI=1S/C38H46N6O5S/c1-25-10-7-11-26(2)35(25)32-21-34-41-37(40-32)42-50(46,47)31-14-8-12-27(20-31)36(45)44(29(24-49-34)22-38(3,4)5)23-28-13-9-15-33(39-28)43-18-16-30(48-6)17-19-43/h7-15,20-21,29-30H,16-19,22-24H2,1-6H3,(H,40,41,42)/t29-/m1/s1. The van der Waals surface area contributed by atoms with Crippen molar-refractivity contribution in [1.82, 2.24) is 19.9 Å². The predicted molar refractivity (Wildman–Crippen MR) is 194 cm³/mol. The summed E-state index contributed by atoms with van der Waals surface area (Å²) in [5.74, 6) is 0.620. The van der Waals surface area contributed by atoms with Crippen LogP contribution in [0.5, 0.6) is 5.88 Å². The number of rotatable bonds is 6. The zero-order valence-electron chi connectivity index (χ0n) is 29.6. The number of piperidine rings is 1. The molecule has 2 aromatic carbocycles. The number of aromatic nitrogens is 3. The zero-order chi connectivity index (χ0) is 35.6. The molecule has 0 saturated carbocycles. The maximum Gasteiger partial charge on any atom is 0.264 e. The normalized spacial score (nSPS) is 18.4. The molecule has 1 amide bonds. The third-order valence-electron chi connectivity index (χ3n) is 9.25. The smallest absolute Gasteiger partial charge is 0.264 e. The lowest BCUT2D eigenvalue weighted by molar-refractivity contribution is 0.0509. The van der Waals surface area contributed by atoms with Gasteiger partial charge in [0.15, 0.2) is 0 Å². The molecule has 0 unspecified atom stereocenters. The molecule has 1 saturated heterocycles. The second kappa shape index (κ2) is 14.4. The Morgan fingerprint density at radius 1 is 0.940 bits per heavy atom. The number of methoxy groups -OCH3 is 1. The fraction of sp³-hybridized carbons (Fsp3) is 0.421. The van der Waals surface area contributed by atoms with E-state index < -0.39 is 16.1 Å². The van der Waals surface area contributed by atoms with Gasteiger partial charge in [0.2, 0.25) is 11.8 Å². The third kappa shape index (κ3) is 8.08. The number of hydrogen-bond acceptors (Lipinski definition) is 9. The molecule has 0 aliphatic carbocycles. The molecule has 1 atom stereocenters. The highest BCUT2D eigenvalue weighted by Crippen LogP contribution is 2.32. The van der Waals surface area contributed by atoms with Crippen molar-refractivity contribution in [3.8, 4) is 17.1 Å². The Hall–Kier alpha value is -4.55. The Morgan fingerprint density at radius 3 is 2.34 bits per heavy atom. The quantitative estimate of drug-likeness (QED) is 0.243. The molecule has 1 fully saturated rings. The van der Waals surface area contributed by atoms with Crippen molar-refractivity contribution >= 4 is 27.7 Å². The highest BCUT2D eigenvalue weighted by atomic mass is 32.2. The molecule has 11 nitrogen and oxygen atoms in total. The number of anilines is 2. The number of carbonyl (C=O) groups is 1. The van der Waals surface area contributed by atoms with E-state index in [0.29, 0.717) is 12.1 Å². The first kappa shape index (κ1) is 35.3. The van der Waals surface area contributed by atoms with Gasteiger partial charge in [0, 0.05) is 37.4 Å². The molecule has 4 bridgehead atoms. The first-order valence-electron chi connectivity index (χ1n) is 17.1. The second-order valence-corrected chi connectivity index (χ2v) is 16.1. The van der Waals surface area contributed by atoms with Gasteiger partial charge in [-0.05, 0) is 80.0 Å². The summed E-state index contributed by atoms with van der Waals surface area (Å²) in [6, 6.07) is 19.2. The van der Waals surface area contributed by atoms with E-state index >= 15 is 0 Å². The van der Waals surface area contributed by atoms with Gasteiger partial charge in [-0.1, -0.05) is 51.1 Å². The van der Waals surface area contributed by atoms with E-state index in [9.17, 15) is 13.2 Å². The van der Waals surface area contributed by atoms with Gasteiger partial charge in [0.05, 0.1) is 35.0 Å². The molecule has 4 aromatic rings. The zero-order valence-corrected chi connectivity index (χ0v) is 30.5. The molecular weight excluding hydrogens is 653 g/mol. The van der Waals surface area contributed by atoms with Gasteiger partial charge in [0.1, 0.15) is 12.4 Å². The van der Waals surface area contributed by atoms with Crippen molar-refractivity contribution in [3.05, 3.63) is 89.1 Å². The number of hydrogen-bond donors (Lipinski definition) is 1. The lowest BCUT2D eigenvalue weighted by Gasteiger charge is -2.36. The number of sulfonamides is 1. The monoisotopic (exact) mass is 698 g/mol. The fourth-order valence-corrected chi connectivity index (χ4v) is 7.76. The molecule has 2 aromatic heterocycles. The number of fused-ring (bicyclic) bond motifs is 4. The van der Waals surface area contributed by atoms with Crippen LogP contribution in [0.1, 0.15) is 67.2 Å². The SMILES string of the molecule is COC1CCN(c2cccc(CN3C(=O)c4cccc(c4)S(=O)(=O)Nc4nc(cc(-c5c(C)cccc5C)n4)OC[C@H]3CC(C)(C)C)n2)CC1. The topological polar surface area (TPSA) is 127 Å². The Labute approximate surface area is 295 Å². The number of nitrogens with one attached hydrogen (secondary N) is 1. The lowest BCUT2D eigenvalue weighted by Crippen LogP contribution is -2.45. The number of nitrogens with zero attached hydrogens (tertiary/aromatic N) is 5.